The molecule has 0 aliphatic carbocycles. The molecule has 1 fully saturated rings. The summed E-state index contributed by atoms with van der Waals surface area (Å²) in [7, 11) is 0. The van der Waals surface area contributed by atoms with Crippen molar-refractivity contribution >= 4 is 6.09 Å². The zero-order valence-corrected chi connectivity index (χ0v) is 7.99. The first-order valence-corrected chi connectivity index (χ1v) is 4.62. The van der Waals surface area contributed by atoms with Crippen LogP contribution in [-0.2, 0) is 10.3 Å². The molecule has 1 aliphatic rings. The van der Waals surface area contributed by atoms with Gasteiger partial charge in [-0.15, -0.1) is 0 Å². The van der Waals surface area contributed by atoms with Gasteiger partial charge < -0.3 is 10.1 Å². The van der Waals surface area contributed by atoms with E-state index in [1.54, 1.807) is 12.4 Å². The molecule has 0 spiro atoms. The van der Waals surface area contributed by atoms with Crippen molar-refractivity contribution < 1.29 is 9.53 Å². The van der Waals surface area contributed by atoms with Gasteiger partial charge in [-0.25, -0.2) is 4.79 Å². The highest BCUT2D eigenvalue weighted by molar-refractivity contribution is 5.71. The second-order valence-electron chi connectivity index (χ2n) is 3.38. The van der Waals surface area contributed by atoms with Crippen molar-refractivity contribution in [3.05, 3.63) is 30.1 Å². The first-order valence-electron chi connectivity index (χ1n) is 4.62. The number of nitrogens with zero attached hydrogens (tertiary/aromatic N) is 1. The largest absolute Gasteiger partial charge is 0.447 e. The third-order valence-electron chi connectivity index (χ3n) is 2.61. The van der Waals surface area contributed by atoms with Crippen LogP contribution in [0.3, 0.4) is 0 Å². The van der Waals surface area contributed by atoms with Gasteiger partial charge in [0.1, 0.15) is 12.1 Å². The van der Waals surface area contributed by atoms with Crippen molar-refractivity contribution in [2.75, 3.05) is 6.61 Å². The van der Waals surface area contributed by atoms with Crippen LogP contribution in [0, 0.1) is 0 Å². The Balaban J connectivity index is 2.34. The molecule has 74 valence electrons. The number of rotatable bonds is 2. The summed E-state index contributed by atoms with van der Waals surface area (Å²) in [6.07, 6.45) is 3.92. The summed E-state index contributed by atoms with van der Waals surface area (Å²) >= 11 is 0. The molecular weight excluding hydrogens is 180 g/mol. The van der Waals surface area contributed by atoms with Crippen molar-refractivity contribution in [2.24, 2.45) is 0 Å². The van der Waals surface area contributed by atoms with Crippen molar-refractivity contribution in [1.29, 1.82) is 0 Å². The number of cyclic esters (lactones) is 1. The first kappa shape index (κ1) is 8.99. The third kappa shape index (κ3) is 1.32. The number of hydrogen-bond donors (Lipinski definition) is 1. The van der Waals surface area contributed by atoms with Gasteiger partial charge in [-0.1, -0.05) is 13.0 Å². The van der Waals surface area contributed by atoms with E-state index in [0.717, 1.165) is 12.0 Å². The molecule has 4 nitrogen and oxygen atoms in total. The van der Waals surface area contributed by atoms with Crippen LogP contribution in [0.5, 0.6) is 0 Å². The monoisotopic (exact) mass is 192 g/mol. The summed E-state index contributed by atoms with van der Waals surface area (Å²) in [5.74, 6) is 0. The number of ether oxygens (including phenoxy) is 1. The Morgan fingerprint density at radius 1 is 1.71 bits per heavy atom. The third-order valence-corrected chi connectivity index (χ3v) is 2.61. The lowest BCUT2D eigenvalue weighted by Gasteiger charge is -2.24. The summed E-state index contributed by atoms with van der Waals surface area (Å²) in [5.41, 5.74) is 0.610. The molecule has 1 aliphatic heterocycles. The van der Waals surface area contributed by atoms with Crippen LogP contribution < -0.4 is 5.32 Å². The number of carbonyl (C=O) groups excluding carboxylic acids is 1. The first-order chi connectivity index (χ1) is 6.77. The molecule has 1 atom stereocenters. The van der Waals surface area contributed by atoms with Crippen LogP contribution in [0.25, 0.3) is 0 Å². The zero-order chi connectivity index (χ0) is 10.0. The SMILES string of the molecule is CCC1(c2cccnc2)COC(=O)N1. The van der Waals surface area contributed by atoms with Crippen molar-refractivity contribution in [2.45, 2.75) is 18.9 Å². The number of alkyl carbamates (subject to hydrolysis) is 1. The Kier molecular flexibility index (Phi) is 2.11. The van der Waals surface area contributed by atoms with Gasteiger partial charge in [-0.2, -0.15) is 0 Å². The Bertz CT molecular complexity index is 339. The minimum atomic E-state index is -0.384. The topological polar surface area (TPSA) is 51.2 Å². The molecule has 0 saturated carbocycles. The number of hydrogen-bond acceptors (Lipinski definition) is 3. The molecule has 14 heavy (non-hydrogen) atoms. The Hall–Kier alpha value is -1.58. The van der Waals surface area contributed by atoms with Crippen LogP contribution in [-0.4, -0.2) is 17.7 Å². The fourth-order valence-corrected chi connectivity index (χ4v) is 1.65. The molecule has 1 aromatic heterocycles. The second kappa shape index (κ2) is 3.29. The maximum Gasteiger partial charge on any atom is 0.408 e. The molecule has 0 bridgehead atoms. The smallest absolute Gasteiger partial charge is 0.408 e. The maximum absolute atomic E-state index is 11.0. The van der Waals surface area contributed by atoms with E-state index in [-0.39, 0.29) is 11.6 Å². The summed E-state index contributed by atoms with van der Waals surface area (Å²) in [6, 6.07) is 3.81. The Morgan fingerprint density at radius 2 is 2.57 bits per heavy atom. The molecule has 2 rings (SSSR count). The second-order valence-corrected chi connectivity index (χ2v) is 3.38. The summed E-state index contributed by atoms with van der Waals surface area (Å²) in [4.78, 5) is 15.1. The van der Waals surface area contributed by atoms with Crippen molar-refractivity contribution in [3.8, 4) is 0 Å². The quantitative estimate of drug-likeness (QED) is 0.771. The highest BCUT2D eigenvalue weighted by atomic mass is 16.6. The average Bonchev–Trinajstić information content (AvgIpc) is 2.63. The van der Waals surface area contributed by atoms with Gasteiger partial charge in [0.05, 0.1) is 0 Å². The Labute approximate surface area is 82.3 Å². The van der Waals surface area contributed by atoms with E-state index in [9.17, 15) is 4.79 Å². The average molecular weight is 192 g/mol. The van der Waals surface area contributed by atoms with Crippen LogP contribution in [0.2, 0.25) is 0 Å². The van der Waals surface area contributed by atoms with Crippen molar-refractivity contribution in [1.82, 2.24) is 10.3 Å². The van der Waals surface area contributed by atoms with Crippen molar-refractivity contribution in [3.63, 3.8) is 0 Å². The molecular formula is C10H12N2O2. The van der Waals surface area contributed by atoms with Gasteiger partial charge >= 0.3 is 6.09 Å². The summed E-state index contributed by atoms with van der Waals surface area (Å²) < 4.78 is 4.94. The van der Waals surface area contributed by atoms with Gasteiger partial charge in [0, 0.05) is 12.4 Å². The minimum Gasteiger partial charge on any atom is -0.447 e. The van der Waals surface area contributed by atoms with E-state index >= 15 is 0 Å². The molecule has 1 N–H and O–H groups in total. The van der Waals surface area contributed by atoms with Gasteiger partial charge in [0.25, 0.3) is 0 Å². The van der Waals surface area contributed by atoms with E-state index in [0.29, 0.717) is 6.61 Å². The van der Waals surface area contributed by atoms with Gasteiger partial charge in [0.2, 0.25) is 0 Å². The van der Waals surface area contributed by atoms with E-state index < -0.39 is 0 Å². The van der Waals surface area contributed by atoms with E-state index in [2.05, 4.69) is 10.3 Å². The van der Waals surface area contributed by atoms with E-state index in [1.807, 2.05) is 19.1 Å². The van der Waals surface area contributed by atoms with Crippen LogP contribution >= 0.6 is 0 Å². The zero-order valence-electron chi connectivity index (χ0n) is 7.99. The molecule has 1 amide bonds. The predicted molar refractivity (Wildman–Crippen MR) is 50.7 cm³/mol. The minimum absolute atomic E-state index is 0.351. The summed E-state index contributed by atoms with van der Waals surface area (Å²) in [6.45, 7) is 2.40. The van der Waals surface area contributed by atoms with Gasteiger partial charge in [-0.05, 0) is 18.1 Å². The standard InChI is InChI=1S/C10H12N2O2/c1-2-10(7-14-9(13)12-10)8-4-3-5-11-6-8/h3-6H,2,7H2,1H3,(H,12,13). The van der Waals surface area contributed by atoms with Crippen LogP contribution in [0.1, 0.15) is 18.9 Å². The molecule has 1 unspecified atom stereocenters. The number of pyridine rings is 1. The van der Waals surface area contributed by atoms with E-state index in [4.69, 9.17) is 4.74 Å². The fraction of sp³-hybridized carbons (Fsp3) is 0.400. The highest BCUT2D eigenvalue weighted by Gasteiger charge is 2.39. The molecule has 4 heteroatoms. The molecule has 0 radical (unpaired) electrons. The molecule has 0 aromatic carbocycles. The van der Waals surface area contributed by atoms with Crippen LogP contribution in [0.4, 0.5) is 4.79 Å². The lowest BCUT2D eigenvalue weighted by atomic mass is 9.90. The number of carbonyl (C=O) groups is 1. The number of amides is 1. The van der Waals surface area contributed by atoms with Gasteiger partial charge in [0.15, 0.2) is 0 Å². The van der Waals surface area contributed by atoms with Crippen LogP contribution in [0.15, 0.2) is 24.5 Å². The number of aromatic nitrogens is 1. The van der Waals surface area contributed by atoms with E-state index in [1.165, 1.54) is 0 Å². The Morgan fingerprint density at radius 3 is 3.07 bits per heavy atom. The predicted octanol–water partition coefficient (Wildman–Crippen LogP) is 1.43. The maximum atomic E-state index is 11.0. The lowest BCUT2D eigenvalue weighted by molar-refractivity contribution is 0.171. The summed E-state index contributed by atoms with van der Waals surface area (Å²) in [5, 5.41) is 2.83. The van der Waals surface area contributed by atoms with Gasteiger partial charge in [-0.3, -0.25) is 4.98 Å². The molecule has 2 heterocycles. The molecule has 1 saturated heterocycles. The number of nitrogens with one attached hydrogen (secondary N) is 1. The molecule has 1 aromatic rings. The normalized spacial score (nSPS) is 25.6. The fourth-order valence-electron chi connectivity index (χ4n) is 1.65. The highest BCUT2D eigenvalue weighted by Crippen LogP contribution is 2.28. The lowest BCUT2D eigenvalue weighted by Crippen LogP contribution is -2.39.